The van der Waals surface area contributed by atoms with Gasteiger partial charge in [0.05, 0.1) is 5.56 Å². The Labute approximate surface area is 86.5 Å². The molecule has 1 rings (SSSR count). The van der Waals surface area contributed by atoms with Crippen molar-refractivity contribution in [2.75, 3.05) is 0 Å². The van der Waals surface area contributed by atoms with Crippen LogP contribution in [0.2, 0.25) is 5.02 Å². The van der Waals surface area contributed by atoms with Gasteiger partial charge in [-0.05, 0) is 24.6 Å². The summed E-state index contributed by atoms with van der Waals surface area (Å²) in [6, 6.07) is 4.11. The highest BCUT2D eigenvalue weighted by Crippen LogP contribution is 2.24. The molecule has 0 saturated heterocycles. The zero-order valence-electron chi connectivity index (χ0n) is 7.15. The van der Waals surface area contributed by atoms with Gasteiger partial charge < -0.3 is 0 Å². The summed E-state index contributed by atoms with van der Waals surface area (Å²) < 4.78 is 30.5. The number of nitriles is 1. The fourth-order valence-corrected chi connectivity index (χ4v) is 1.87. The third kappa shape index (κ3) is 1.87. The summed E-state index contributed by atoms with van der Waals surface area (Å²) in [5, 5.41) is 8.99. The molecule has 0 bridgehead atoms. The van der Waals surface area contributed by atoms with Crippen molar-refractivity contribution in [3.63, 3.8) is 0 Å². The van der Waals surface area contributed by atoms with Crippen LogP contribution < -0.4 is 0 Å². The lowest BCUT2D eigenvalue weighted by Gasteiger charge is -2.04. The number of nitrogens with zero attached hydrogens (tertiary/aromatic N) is 1. The lowest BCUT2D eigenvalue weighted by molar-refractivity contribution is 0.483. The minimum atomic E-state index is -4.37. The fourth-order valence-electron chi connectivity index (χ4n) is 1.02. The molecule has 0 atom stereocenters. The molecule has 0 amide bonds. The summed E-state index contributed by atoms with van der Waals surface area (Å²) in [4.78, 5) is -0.415. The average Bonchev–Trinajstić information content (AvgIpc) is 2.07. The molecule has 0 radical (unpaired) electrons. The van der Waals surface area contributed by atoms with Crippen LogP contribution in [0.1, 0.15) is 11.1 Å². The van der Waals surface area contributed by atoms with Gasteiger partial charge in [0, 0.05) is 5.02 Å². The first-order valence-corrected chi connectivity index (χ1v) is 5.36. The molecule has 0 saturated carbocycles. The van der Waals surface area contributed by atoms with E-state index in [0.717, 1.165) is 6.07 Å². The summed E-state index contributed by atoms with van der Waals surface area (Å²) in [5.74, 6) is 0. The van der Waals surface area contributed by atoms with Crippen molar-refractivity contribution in [2.45, 2.75) is 11.8 Å². The molecule has 0 aliphatic rings. The third-order valence-electron chi connectivity index (χ3n) is 1.75. The Kier molecular flexibility index (Phi) is 2.81. The van der Waals surface area contributed by atoms with Crippen molar-refractivity contribution in [3.8, 4) is 6.07 Å². The Morgan fingerprint density at radius 1 is 1.50 bits per heavy atom. The first-order valence-electron chi connectivity index (χ1n) is 3.54. The fraction of sp³-hybridized carbons (Fsp3) is 0.125. The van der Waals surface area contributed by atoms with Crippen LogP contribution in [0.4, 0.5) is 0 Å². The molecule has 0 unspecified atom stereocenters. The van der Waals surface area contributed by atoms with Crippen molar-refractivity contribution >= 4 is 21.7 Å². The maximum Gasteiger partial charge on any atom is 0.295 e. The summed E-state index contributed by atoms with van der Waals surface area (Å²) >= 11 is 5.69. The van der Waals surface area contributed by atoms with Crippen LogP contribution in [0.3, 0.4) is 0 Å². The van der Waals surface area contributed by atoms with Crippen LogP contribution in [-0.4, -0.2) is 13.0 Å². The Balaban J connectivity index is 3.66. The molecular weight excluding hydrogens is 226 g/mol. The normalized spacial score (nSPS) is 11.0. The first-order chi connectivity index (χ1) is 6.38. The van der Waals surface area contributed by atoms with Crippen molar-refractivity contribution < 1.29 is 13.0 Å². The Bertz CT molecular complexity index is 516. The van der Waals surface area contributed by atoms with Crippen molar-refractivity contribution in [3.05, 3.63) is 28.3 Å². The minimum absolute atomic E-state index is 0.125. The van der Waals surface area contributed by atoms with Crippen LogP contribution in [-0.2, 0) is 10.1 Å². The van der Waals surface area contributed by atoms with E-state index in [4.69, 9.17) is 21.4 Å². The van der Waals surface area contributed by atoms with Gasteiger partial charge in [-0.3, -0.25) is 4.55 Å². The molecule has 0 aliphatic carbocycles. The summed E-state index contributed by atoms with van der Waals surface area (Å²) in [6.45, 7) is 1.51. The standard InChI is InChI=1S/C8H6ClNO3S/c1-5-6(4-10)8(14(11,12)13)3-2-7(5)9/h2-3H,1H3,(H,11,12,13). The van der Waals surface area contributed by atoms with E-state index in [1.807, 2.05) is 0 Å². The highest BCUT2D eigenvalue weighted by atomic mass is 35.5. The molecule has 1 N–H and O–H groups in total. The van der Waals surface area contributed by atoms with Gasteiger partial charge in [-0.1, -0.05) is 11.6 Å². The number of benzene rings is 1. The molecule has 0 heterocycles. The van der Waals surface area contributed by atoms with Crippen LogP contribution >= 0.6 is 11.6 Å². The molecule has 14 heavy (non-hydrogen) atoms. The number of hydrogen-bond donors (Lipinski definition) is 1. The van der Waals surface area contributed by atoms with Crippen molar-refractivity contribution in [1.82, 2.24) is 0 Å². The second kappa shape index (κ2) is 3.58. The minimum Gasteiger partial charge on any atom is -0.282 e. The maximum absolute atomic E-state index is 10.8. The molecule has 1 aromatic carbocycles. The summed E-state index contributed by atoms with van der Waals surface area (Å²) in [6.07, 6.45) is 0. The van der Waals surface area contributed by atoms with E-state index in [1.54, 1.807) is 6.07 Å². The highest BCUT2D eigenvalue weighted by Gasteiger charge is 2.18. The van der Waals surface area contributed by atoms with Gasteiger partial charge in [0.15, 0.2) is 0 Å². The number of rotatable bonds is 1. The van der Waals surface area contributed by atoms with Gasteiger partial charge >= 0.3 is 0 Å². The van der Waals surface area contributed by atoms with E-state index in [0.29, 0.717) is 5.56 Å². The van der Waals surface area contributed by atoms with Gasteiger partial charge in [0.2, 0.25) is 0 Å². The first kappa shape index (κ1) is 11.0. The molecule has 0 spiro atoms. The van der Waals surface area contributed by atoms with E-state index in [9.17, 15) is 8.42 Å². The molecule has 74 valence electrons. The average molecular weight is 232 g/mol. The predicted octanol–water partition coefficient (Wildman–Crippen LogP) is 1.77. The summed E-state index contributed by atoms with van der Waals surface area (Å²) in [7, 11) is -4.37. The topological polar surface area (TPSA) is 78.2 Å². The van der Waals surface area contributed by atoms with Gasteiger partial charge in [-0.15, -0.1) is 0 Å². The molecular formula is C8H6ClNO3S. The van der Waals surface area contributed by atoms with Crippen LogP contribution in [0.25, 0.3) is 0 Å². The number of halogens is 1. The molecule has 0 aliphatic heterocycles. The molecule has 4 nitrogen and oxygen atoms in total. The quantitative estimate of drug-likeness (QED) is 0.747. The smallest absolute Gasteiger partial charge is 0.282 e. The van der Waals surface area contributed by atoms with E-state index in [-0.39, 0.29) is 10.6 Å². The van der Waals surface area contributed by atoms with Gasteiger partial charge in [-0.2, -0.15) is 13.7 Å². The molecule has 1 aromatic rings. The van der Waals surface area contributed by atoms with Gasteiger partial charge in [-0.25, -0.2) is 0 Å². The Morgan fingerprint density at radius 3 is 2.50 bits per heavy atom. The third-order valence-corrected chi connectivity index (χ3v) is 3.06. The van der Waals surface area contributed by atoms with Crippen molar-refractivity contribution in [2.24, 2.45) is 0 Å². The van der Waals surface area contributed by atoms with Crippen LogP contribution in [0, 0.1) is 18.3 Å². The lowest BCUT2D eigenvalue weighted by atomic mass is 10.1. The van der Waals surface area contributed by atoms with Gasteiger partial charge in [0.1, 0.15) is 11.0 Å². The zero-order chi connectivity index (χ0) is 10.9. The van der Waals surface area contributed by atoms with Gasteiger partial charge in [0.25, 0.3) is 10.1 Å². The molecule has 6 heteroatoms. The Morgan fingerprint density at radius 2 is 2.07 bits per heavy atom. The lowest BCUT2D eigenvalue weighted by Crippen LogP contribution is -2.02. The van der Waals surface area contributed by atoms with Crippen LogP contribution in [0.5, 0.6) is 0 Å². The number of hydrogen-bond acceptors (Lipinski definition) is 3. The predicted molar refractivity (Wildman–Crippen MR) is 50.7 cm³/mol. The van der Waals surface area contributed by atoms with E-state index < -0.39 is 15.0 Å². The van der Waals surface area contributed by atoms with Crippen LogP contribution in [0.15, 0.2) is 17.0 Å². The zero-order valence-corrected chi connectivity index (χ0v) is 8.72. The maximum atomic E-state index is 10.8. The molecule has 0 fully saturated rings. The largest absolute Gasteiger partial charge is 0.295 e. The monoisotopic (exact) mass is 231 g/mol. The van der Waals surface area contributed by atoms with E-state index in [2.05, 4.69) is 0 Å². The Hall–Kier alpha value is -1.09. The SMILES string of the molecule is Cc1c(Cl)ccc(S(=O)(=O)O)c1C#N. The second-order valence-corrected chi connectivity index (χ2v) is 4.43. The van der Waals surface area contributed by atoms with E-state index in [1.165, 1.54) is 13.0 Å². The highest BCUT2D eigenvalue weighted by molar-refractivity contribution is 7.85. The second-order valence-electron chi connectivity index (χ2n) is 2.63. The van der Waals surface area contributed by atoms with Crippen molar-refractivity contribution in [1.29, 1.82) is 5.26 Å². The summed E-state index contributed by atoms with van der Waals surface area (Å²) in [5.41, 5.74) is 0.212. The van der Waals surface area contributed by atoms with E-state index >= 15 is 0 Å². The molecule has 0 aromatic heterocycles.